The molecule has 10 heteroatoms. The molecule has 1 aliphatic rings. The van der Waals surface area contributed by atoms with E-state index in [9.17, 15) is 24.3 Å². The van der Waals surface area contributed by atoms with Gasteiger partial charge in [0.25, 0.3) is 0 Å². The molecule has 0 heterocycles. The lowest BCUT2D eigenvalue weighted by Crippen LogP contribution is -2.56. The van der Waals surface area contributed by atoms with E-state index in [4.69, 9.17) is 4.74 Å². The van der Waals surface area contributed by atoms with Crippen LogP contribution in [0.2, 0.25) is 0 Å². The van der Waals surface area contributed by atoms with Crippen molar-refractivity contribution in [2.75, 3.05) is 13.1 Å². The molecule has 4 amide bonds. The molecule has 5 N–H and O–H groups in total. The van der Waals surface area contributed by atoms with Crippen molar-refractivity contribution in [1.82, 2.24) is 21.3 Å². The van der Waals surface area contributed by atoms with Crippen molar-refractivity contribution in [1.29, 1.82) is 0 Å². The Labute approximate surface area is 225 Å². The summed E-state index contributed by atoms with van der Waals surface area (Å²) < 4.78 is 5.24. The Hall–Kier alpha value is -3.14. The van der Waals surface area contributed by atoms with Gasteiger partial charge in [-0.15, -0.1) is 0 Å². The van der Waals surface area contributed by atoms with E-state index in [1.165, 1.54) is 13.3 Å². The highest BCUT2D eigenvalue weighted by atomic mass is 16.5. The lowest BCUT2D eigenvalue weighted by atomic mass is 9.83. The number of amides is 4. The maximum atomic E-state index is 13.3. The molecule has 0 aromatic heterocycles. The summed E-state index contributed by atoms with van der Waals surface area (Å²) in [6.45, 7) is 5.65. The van der Waals surface area contributed by atoms with Crippen molar-refractivity contribution in [3.8, 4) is 0 Å². The van der Waals surface area contributed by atoms with Crippen LogP contribution in [0, 0.1) is 11.8 Å². The first-order chi connectivity index (χ1) is 18.1. The van der Waals surface area contributed by atoms with Gasteiger partial charge in [0.15, 0.2) is 0 Å². The molecule has 0 saturated heterocycles. The third kappa shape index (κ3) is 12.4. The predicted octanol–water partition coefficient (Wildman–Crippen LogP) is 2.40. The fourth-order valence-electron chi connectivity index (χ4n) is 4.46. The van der Waals surface area contributed by atoms with Gasteiger partial charge < -0.3 is 31.1 Å². The summed E-state index contributed by atoms with van der Waals surface area (Å²) >= 11 is 0. The molecule has 1 aromatic carbocycles. The summed E-state index contributed by atoms with van der Waals surface area (Å²) in [6, 6.07) is 7.31. The number of carbonyl (C=O) groups excluding carboxylic acids is 4. The number of nitrogens with one attached hydrogen (secondary N) is 4. The largest absolute Gasteiger partial charge is 0.445 e. The van der Waals surface area contributed by atoms with Gasteiger partial charge in [0.2, 0.25) is 17.7 Å². The Morgan fingerprint density at radius 1 is 0.974 bits per heavy atom. The summed E-state index contributed by atoms with van der Waals surface area (Å²) in [5.74, 6) is -0.622. The van der Waals surface area contributed by atoms with Crippen LogP contribution in [0.3, 0.4) is 0 Å². The number of rotatable bonds is 14. The second-order valence-corrected chi connectivity index (χ2v) is 10.5. The summed E-state index contributed by atoms with van der Waals surface area (Å²) in [6.07, 6.45) is 3.82. The Morgan fingerprint density at radius 2 is 1.66 bits per heavy atom. The van der Waals surface area contributed by atoms with Crippen LogP contribution in [0.5, 0.6) is 0 Å². The van der Waals surface area contributed by atoms with Gasteiger partial charge in [-0.25, -0.2) is 4.79 Å². The number of hydrogen-bond acceptors (Lipinski definition) is 6. The number of aliphatic hydroxyl groups is 1. The van der Waals surface area contributed by atoms with Gasteiger partial charge in [-0.05, 0) is 23.8 Å². The fraction of sp³-hybridized carbons (Fsp3) is 0.643. The standard InChI is InChI=1S/C28H44N4O6/c1-19(2)16-30-26(35)15-25(34)23(14-21-10-6-4-7-11-21)31-27(36)24(17-29-20(3)33)32-28(37)38-18-22-12-8-5-9-13-22/h5,8-9,12-13,19,21,23-25,34H,4,6-7,10-11,14-18H2,1-3H3,(H,29,33)(H,30,35)(H,31,36)(H,32,37)/t23-,24-,25-/m0/s1. The van der Waals surface area contributed by atoms with E-state index in [0.29, 0.717) is 18.9 Å². The van der Waals surface area contributed by atoms with Crippen LogP contribution in [-0.2, 0) is 25.7 Å². The molecule has 1 aliphatic carbocycles. The zero-order chi connectivity index (χ0) is 27.9. The highest BCUT2D eigenvalue weighted by Gasteiger charge is 2.31. The Kier molecular flexibility index (Phi) is 13.6. The minimum atomic E-state index is -1.13. The summed E-state index contributed by atoms with van der Waals surface area (Å²) in [4.78, 5) is 49.6. The van der Waals surface area contributed by atoms with Crippen molar-refractivity contribution in [2.45, 2.75) is 90.5 Å². The van der Waals surface area contributed by atoms with E-state index in [1.54, 1.807) is 0 Å². The van der Waals surface area contributed by atoms with Crippen LogP contribution in [0.15, 0.2) is 30.3 Å². The number of benzene rings is 1. The lowest BCUT2D eigenvalue weighted by Gasteiger charge is -2.31. The van der Waals surface area contributed by atoms with Crippen LogP contribution in [0.4, 0.5) is 4.79 Å². The molecule has 3 atom stereocenters. The van der Waals surface area contributed by atoms with Gasteiger partial charge in [-0.1, -0.05) is 76.3 Å². The molecule has 2 rings (SSSR count). The monoisotopic (exact) mass is 532 g/mol. The topological polar surface area (TPSA) is 146 Å². The summed E-state index contributed by atoms with van der Waals surface area (Å²) in [5.41, 5.74) is 0.789. The van der Waals surface area contributed by atoms with Gasteiger partial charge in [-0.2, -0.15) is 0 Å². The van der Waals surface area contributed by atoms with E-state index in [1.807, 2.05) is 44.2 Å². The highest BCUT2D eigenvalue weighted by Crippen LogP contribution is 2.28. The Morgan fingerprint density at radius 3 is 2.29 bits per heavy atom. The van der Waals surface area contributed by atoms with E-state index >= 15 is 0 Å². The molecule has 38 heavy (non-hydrogen) atoms. The number of aliphatic hydroxyl groups excluding tert-OH is 1. The Bertz CT molecular complexity index is 889. The minimum absolute atomic E-state index is 0.0235. The fourth-order valence-corrected chi connectivity index (χ4v) is 4.46. The number of hydrogen-bond donors (Lipinski definition) is 5. The molecule has 1 aromatic rings. The van der Waals surface area contributed by atoms with Crippen molar-refractivity contribution in [3.05, 3.63) is 35.9 Å². The highest BCUT2D eigenvalue weighted by molar-refractivity contribution is 5.87. The van der Waals surface area contributed by atoms with Gasteiger partial charge in [-0.3, -0.25) is 14.4 Å². The summed E-state index contributed by atoms with van der Waals surface area (Å²) in [5, 5.41) is 21.7. The summed E-state index contributed by atoms with van der Waals surface area (Å²) in [7, 11) is 0. The molecule has 212 valence electrons. The number of ether oxygens (including phenoxy) is 1. The first-order valence-electron chi connectivity index (χ1n) is 13.6. The normalized spacial score (nSPS) is 16.1. The third-order valence-corrected chi connectivity index (χ3v) is 6.58. The smallest absolute Gasteiger partial charge is 0.408 e. The average Bonchev–Trinajstić information content (AvgIpc) is 2.89. The number of alkyl carbamates (subject to hydrolysis) is 1. The Balaban J connectivity index is 2.06. The maximum absolute atomic E-state index is 13.3. The van der Waals surface area contributed by atoms with Crippen LogP contribution in [-0.4, -0.2) is 60.2 Å². The molecule has 10 nitrogen and oxygen atoms in total. The van der Waals surface area contributed by atoms with Crippen molar-refractivity contribution in [2.24, 2.45) is 11.8 Å². The maximum Gasteiger partial charge on any atom is 0.408 e. The quantitative estimate of drug-likeness (QED) is 0.249. The second kappa shape index (κ2) is 16.7. The predicted molar refractivity (Wildman–Crippen MR) is 144 cm³/mol. The first-order valence-corrected chi connectivity index (χ1v) is 13.6. The molecule has 0 bridgehead atoms. The van der Waals surface area contributed by atoms with Crippen molar-refractivity contribution in [3.63, 3.8) is 0 Å². The van der Waals surface area contributed by atoms with Crippen LogP contribution in [0.25, 0.3) is 0 Å². The second-order valence-electron chi connectivity index (χ2n) is 10.5. The minimum Gasteiger partial charge on any atom is -0.445 e. The molecule has 0 unspecified atom stereocenters. The van der Waals surface area contributed by atoms with E-state index in [2.05, 4.69) is 21.3 Å². The lowest BCUT2D eigenvalue weighted by molar-refractivity contribution is -0.128. The van der Waals surface area contributed by atoms with Gasteiger partial charge >= 0.3 is 6.09 Å². The van der Waals surface area contributed by atoms with E-state index in [-0.39, 0.29) is 37.3 Å². The molecule has 1 fully saturated rings. The molecule has 0 radical (unpaired) electrons. The molecular formula is C28H44N4O6. The van der Waals surface area contributed by atoms with Crippen molar-refractivity contribution < 1.29 is 29.0 Å². The third-order valence-electron chi connectivity index (χ3n) is 6.58. The molecule has 1 saturated carbocycles. The first kappa shape index (κ1) is 31.1. The van der Waals surface area contributed by atoms with Crippen molar-refractivity contribution >= 4 is 23.8 Å². The SMILES string of the molecule is CC(=O)NC[C@H](NC(=O)OCc1ccccc1)C(=O)N[C@@H](CC1CCCCC1)[C@@H](O)CC(=O)NCC(C)C. The molecule has 0 spiro atoms. The zero-order valence-electron chi connectivity index (χ0n) is 22.8. The van der Waals surface area contributed by atoms with Crippen LogP contribution >= 0.6 is 0 Å². The van der Waals surface area contributed by atoms with Crippen LogP contribution < -0.4 is 21.3 Å². The average molecular weight is 533 g/mol. The molecule has 0 aliphatic heterocycles. The zero-order valence-corrected chi connectivity index (χ0v) is 22.8. The number of carbonyl (C=O) groups is 4. The molecular weight excluding hydrogens is 488 g/mol. The van der Waals surface area contributed by atoms with E-state index < -0.39 is 30.2 Å². The van der Waals surface area contributed by atoms with Crippen LogP contribution in [0.1, 0.15) is 71.3 Å². The van der Waals surface area contributed by atoms with Gasteiger partial charge in [0.1, 0.15) is 12.6 Å². The van der Waals surface area contributed by atoms with Gasteiger partial charge in [0.05, 0.1) is 18.6 Å². The van der Waals surface area contributed by atoms with E-state index in [0.717, 1.165) is 31.2 Å². The van der Waals surface area contributed by atoms with Gasteiger partial charge in [0, 0.05) is 20.0 Å².